The number of benzene rings is 2. The summed E-state index contributed by atoms with van der Waals surface area (Å²) in [5.41, 5.74) is 2.59. The summed E-state index contributed by atoms with van der Waals surface area (Å²) >= 11 is 0.698. The molecule has 0 spiro atoms. The molecule has 4 aromatic rings. The van der Waals surface area contributed by atoms with Crippen molar-refractivity contribution in [1.82, 2.24) is 19.8 Å². The zero-order valence-electron chi connectivity index (χ0n) is 30.0. The molecule has 2 aromatic heterocycles. The molecule has 1 amide bonds. The maximum absolute atomic E-state index is 15.9. The first-order chi connectivity index (χ1) is 25.8. The van der Waals surface area contributed by atoms with Crippen LogP contribution in [-0.2, 0) is 15.7 Å². The van der Waals surface area contributed by atoms with Gasteiger partial charge in [0.05, 0.1) is 29.5 Å². The van der Waals surface area contributed by atoms with E-state index in [1.807, 2.05) is 4.90 Å². The number of nitriles is 1. The quantitative estimate of drug-likeness (QED) is 0.196. The Morgan fingerprint density at radius 3 is 2.52 bits per heavy atom. The highest BCUT2D eigenvalue weighted by molar-refractivity contribution is 7.23. The fourth-order valence-corrected chi connectivity index (χ4v) is 8.45. The highest BCUT2D eigenvalue weighted by atomic mass is 32.1. The molecule has 8 rings (SSSR count). The average Bonchev–Trinajstić information content (AvgIpc) is 3.89. The summed E-state index contributed by atoms with van der Waals surface area (Å²) in [6.07, 6.45) is 0.932. The van der Waals surface area contributed by atoms with E-state index in [0.29, 0.717) is 30.0 Å². The number of rotatable bonds is 5. The van der Waals surface area contributed by atoms with Gasteiger partial charge < -0.3 is 25.4 Å². The second-order valence-corrected chi connectivity index (χ2v) is 14.7. The van der Waals surface area contributed by atoms with Gasteiger partial charge in [-0.05, 0) is 70.2 Å². The first-order valence-electron chi connectivity index (χ1n) is 17.9. The number of nitrogens with one attached hydrogen (secondary N) is 1. The Morgan fingerprint density at radius 1 is 1.19 bits per heavy atom. The van der Waals surface area contributed by atoms with Gasteiger partial charge in [0, 0.05) is 54.5 Å². The van der Waals surface area contributed by atoms with Crippen molar-refractivity contribution < 1.29 is 40.6 Å². The molecule has 0 aliphatic carbocycles. The van der Waals surface area contributed by atoms with E-state index >= 15 is 4.39 Å². The SMILES string of the molecule is CC1CCCN1C(=O)C1CCO1.CCNc1nc(OC)nc2c(F)c(-c3ccc(F)c4sc(N)c(C#N)c34)c(C(F)(F)F)cc12.FC1CC2CCCN2C1. The molecule has 2 aromatic carbocycles. The maximum atomic E-state index is 15.9. The lowest BCUT2D eigenvalue weighted by atomic mass is 9.92. The number of aromatic nitrogens is 2. The summed E-state index contributed by atoms with van der Waals surface area (Å²) < 4.78 is 95.4. The number of alkyl halides is 4. The third-order valence-electron chi connectivity index (χ3n) is 10.2. The molecule has 54 heavy (non-hydrogen) atoms. The molecule has 4 atom stereocenters. The van der Waals surface area contributed by atoms with Crippen molar-refractivity contribution in [3.05, 3.63) is 41.0 Å². The van der Waals surface area contributed by atoms with Crippen LogP contribution in [0.15, 0.2) is 18.2 Å². The van der Waals surface area contributed by atoms with Crippen molar-refractivity contribution in [2.24, 2.45) is 0 Å². The summed E-state index contributed by atoms with van der Waals surface area (Å²) in [6.45, 7) is 7.64. The molecule has 6 heterocycles. The predicted octanol–water partition coefficient (Wildman–Crippen LogP) is 7.68. The molecule has 4 aliphatic heterocycles. The maximum Gasteiger partial charge on any atom is 0.417 e. The first-order valence-corrected chi connectivity index (χ1v) is 18.7. The van der Waals surface area contributed by atoms with Crippen LogP contribution in [0, 0.1) is 23.0 Å². The summed E-state index contributed by atoms with van der Waals surface area (Å²) in [7, 11) is 1.23. The number of ether oxygens (including phenoxy) is 2. The standard InChI is InChI=1S/C21H14F5N5OS.C9H15NO2.C7H12FN/c1-3-29-19-9-6-11(21(24,25)26)14(15(23)16(9)30-20(31-19)32-2)8-4-5-12(22)17-13(8)10(7-27)18(28)33-17;1-7-3-2-5-10(7)9(11)8-4-6-12-8;8-6-4-7-2-1-3-9(7)5-6/h4-6H,3,28H2,1-2H3,(H,29,30,31);7-8H,2-6H2,1H3;6-7H,1-5H2. The van der Waals surface area contributed by atoms with Crippen molar-refractivity contribution in [1.29, 1.82) is 5.26 Å². The van der Waals surface area contributed by atoms with Gasteiger partial charge in [0.1, 0.15) is 40.5 Å². The van der Waals surface area contributed by atoms with Gasteiger partial charge in [0.25, 0.3) is 5.91 Å². The molecule has 4 saturated heterocycles. The topological polar surface area (TPSA) is 130 Å². The number of hydrogen-bond acceptors (Lipinski definition) is 10. The molecule has 0 radical (unpaired) electrons. The number of fused-ring (bicyclic) bond motifs is 3. The van der Waals surface area contributed by atoms with Crippen molar-refractivity contribution in [3.63, 3.8) is 0 Å². The summed E-state index contributed by atoms with van der Waals surface area (Å²) in [6, 6.07) is 5.18. The highest BCUT2D eigenvalue weighted by Gasteiger charge is 2.39. The molecule has 0 saturated carbocycles. The minimum absolute atomic E-state index is 0.0444. The molecule has 3 N–H and O–H groups in total. The van der Waals surface area contributed by atoms with Gasteiger partial charge >= 0.3 is 12.2 Å². The van der Waals surface area contributed by atoms with Crippen molar-refractivity contribution in [2.75, 3.05) is 50.9 Å². The fraction of sp³-hybridized carbons (Fsp3) is 0.514. The van der Waals surface area contributed by atoms with Gasteiger partial charge in [-0.25, -0.2) is 13.2 Å². The number of nitrogens with two attached hydrogens (primary N) is 1. The minimum atomic E-state index is -5.00. The molecule has 17 heteroatoms. The number of likely N-dealkylation sites (tertiary alicyclic amines) is 1. The van der Waals surface area contributed by atoms with Crippen LogP contribution in [0.2, 0.25) is 0 Å². The normalized spacial score (nSPS) is 22.2. The predicted molar refractivity (Wildman–Crippen MR) is 194 cm³/mol. The number of thiophene rings is 1. The number of methoxy groups -OCH3 is 1. The van der Waals surface area contributed by atoms with E-state index in [0.717, 1.165) is 63.6 Å². The zero-order valence-corrected chi connectivity index (χ0v) is 30.9. The number of nitrogen functional groups attached to an aromatic ring is 1. The van der Waals surface area contributed by atoms with Crippen LogP contribution in [0.25, 0.3) is 32.1 Å². The van der Waals surface area contributed by atoms with E-state index in [2.05, 4.69) is 27.1 Å². The van der Waals surface area contributed by atoms with E-state index < -0.39 is 40.6 Å². The second-order valence-electron chi connectivity index (χ2n) is 13.6. The minimum Gasteiger partial charge on any atom is -0.467 e. The molecule has 4 fully saturated rings. The molecular weight excluding hydrogens is 737 g/mol. The van der Waals surface area contributed by atoms with Crippen LogP contribution in [0.4, 0.5) is 37.2 Å². The Kier molecular flexibility index (Phi) is 11.7. The van der Waals surface area contributed by atoms with Gasteiger partial charge in [-0.15, -0.1) is 11.3 Å². The van der Waals surface area contributed by atoms with Crippen LogP contribution in [-0.4, -0.2) is 89.9 Å². The van der Waals surface area contributed by atoms with Crippen LogP contribution < -0.4 is 15.8 Å². The third kappa shape index (κ3) is 7.74. The van der Waals surface area contributed by atoms with Crippen LogP contribution in [0.5, 0.6) is 6.01 Å². The van der Waals surface area contributed by atoms with E-state index in [1.54, 1.807) is 13.0 Å². The number of halogens is 6. The van der Waals surface area contributed by atoms with Crippen LogP contribution in [0.1, 0.15) is 63.5 Å². The van der Waals surface area contributed by atoms with E-state index in [9.17, 15) is 32.0 Å². The van der Waals surface area contributed by atoms with E-state index in [1.165, 1.54) is 20.0 Å². The van der Waals surface area contributed by atoms with Crippen molar-refractivity contribution in [3.8, 4) is 23.2 Å². The first kappa shape index (κ1) is 39.3. The van der Waals surface area contributed by atoms with Gasteiger partial charge in [0.2, 0.25) is 0 Å². The highest BCUT2D eigenvalue weighted by Crippen LogP contribution is 2.47. The Bertz CT molecular complexity index is 2060. The van der Waals surface area contributed by atoms with E-state index in [-0.39, 0.29) is 62.0 Å². The lowest BCUT2D eigenvalue weighted by molar-refractivity contribution is -0.156. The molecule has 290 valence electrons. The van der Waals surface area contributed by atoms with Gasteiger partial charge in [0.15, 0.2) is 5.82 Å². The Hall–Kier alpha value is -4.40. The summed E-state index contributed by atoms with van der Waals surface area (Å²) in [4.78, 5) is 23.8. The van der Waals surface area contributed by atoms with Crippen molar-refractivity contribution in [2.45, 2.75) is 82.9 Å². The number of amides is 1. The number of hydrogen-bond donors (Lipinski definition) is 2. The third-order valence-corrected chi connectivity index (χ3v) is 11.2. The number of carbonyl (C=O) groups is 1. The summed E-state index contributed by atoms with van der Waals surface area (Å²) in [5.74, 6) is -1.94. The van der Waals surface area contributed by atoms with Crippen molar-refractivity contribution >= 4 is 49.1 Å². The monoisotopic (exact) mass is 777 g/mol. The lowest BCUT2D eigenvalue weighted by Gasteiger charge is -2.31. The van der Waals surface area contributed by atoms with Gasteiger partial charge in [-0.2, -0.15) is 28.4 Å². The van der Waals surface area contributed by atoms with E-state index in [4.69, 9.17) is 15.2 Å². The average molecular weight is 778 g/mol. The summed E-state index contributed by atoms with van der Waals surface area (Å²) in [5, 5.41) is 11.8. The molecule has 0 bridgehead atoms. The van der Waals surface area contributed by atoms with Crippen LogP contribution in [0.3, 0.4) is 0 Å². The second kappa shape index (κ2) is 16.1. The van der Waals surface area contributed by atoms with Gasteiger partial charge in [-0.1, -0.05) is 6.07 Å². The Morgan fingerprint density at radius 2 is 1.93 bits per heavy atom. The zero-order chi connectivity index (χ0) is 38.9. The Balaban J connectivity index is 0.000000189. The molecule has 4 aliphatic rings. The number of nitrogens with zero attached hydrogens (tertiary/aromatic N) is 5. The smallest absolute Gasteiger partial charge is 0.417 e. The van der Waals surface area contributed by atoms with Gasteiger partial charge in [-0.3, -0.25) is 9.69 Å². The lowest BCUT2D eigenvalue weighted by Crippen LogP contribution is -2.46. The molecule has 4 unspecified atom stereocenters. The number of carbonyl (C=O) groups excluding carboxylic acids is 1. The fourth-order valence-electron chi connectivity index (χ4n) is 7.50. The molecule has 10 nitrogen and oxygen atoms in total. The largest absolute Gasteiger partial charge is 0.467 e. The van der Waals surface area contributed by atoms with Crippen LogP contribution >= 0.6 is 11.3 Å². The molecular formula is C37H41F6N7O3S. The Labute approximate surface area is 312 Å². The number of anilines is 2.